The quantitative estimate of drug-likeness (QED) is 0.0212. The molecule has 65 heavy (non-hydrogen) atoms. The summed E-state index contributed by atoms with van der Waals surface area (Å²) < 4.78 is 32.9. The zero-order chi connectivity index (χ0) is 49.4. The maximum atomic E-state index is 11.7. The molecule has 0 aromatic heterocycles. The fourth-order valence-electron chi connectivity index (χ4n) is 4.45. The van der Waals surface area contributed by atoms with Crippen molar-refractivity contribution in [1.82, 2.24) is 21.3 Å². The van der Waals surface area contributed by atoms with E-state index in [0.717, 1.165) is 0 Å². The molecular weight excluding hydrogens is 864 g/mol. The number of hydrogen-bond acceptors (Lipinski definition) is 23. The molecule has 376 valence electrons. The van der Waals surface area contributed by atoms with Gasteiger partial charge in [0.2, 0.25) is 0 Å². The first kappa shape index (κ1) is 64.1. The van der Waals surface area contributed by atoms with Crippen molar-refractivity contribution >= 4 is 59.3 Å². The van der Waals surface area contributed by atoms with E-state index in [1.165, 1.54) is 21.3 Å². The molecule has 0 saturated carbocycles. The van der Waals surface area contributed by atoms with E-state index in [1.807, 2.05) is 0 Å². The van der Waals surface area contributed by atoms with Gasteiger partial charge in [0, 0.05) is 78.0 Å². The number of hydrogen-bond donors (Lipinski definition) is 7. The zero-order valence-corrected chi connectivity index (χ0v) is 38.3. The van der Waals surface area contributed by atoms with E-state index in [9.17, 15) is 47.9 Å². The number of rotatable bonds is 39. The Bertz CT molecular complexity index is 1270. The van der Waals surface area contributed by atoms with Gasteiger partial charge in [-0.25, -0.2) is 0 Å². The molecule has 0 aliphatic carbocycles. The van der Waals surface area contributed by atoms with Crippen LogP contribution in [0.1, 0.15) is 89.9 Å². The summed E-state index contributed by atoms with van der Waals surface area (Å²) in [5.74, 6) is -3.78. The summed E-state index contributed by atoms with van der Waals surface area (Å²) in [7, 11) is 3.79. The number of methoxy groups -OCH3 is 3. The number of carbonyl (C=O) groups excluding carboxylic acids is 9. The molecule has 24 nitrogen and oxygen atoms in total. The summed E-state index contributed by atoms with van der Waals surface area (Å²) in [5, 5.41) is 20.1. The first-order valence-electron chi connectivity index (χ1n) is 21.5. The molecule has 0 amide bonds. The number of esters is 7. The maximum Gasteiger partial charge on any atom is 0.307 e. The summed E-state index contributed by atoms with van der Waals surface area (Å²) in [6, 6.07) is 0. The van der Waals surface area contributed by atoms with Crippen LogP contribution in [0.3, 0.4) is 0 Å². The topological polar surface area (TPSA) is 356 Å². The summed E-state index contributed by atoms with van der Waals surface area (Å²) in [5.41, 5.74) is 10.6. The van der Waals surface area contributed by atoms with Gasteiger partial charge in [-0.15, -0.1) is 0 Å². The van der Waals surface area contributed by atoms with E-state index in [-0.39, 0.29) is 114 Å². The van der Waals surface area contributed by atoms with Gasteiger partial charge < -0.3 is 71.0 Å². The van der Waals surface area contributed by atoms with Gasteiger partial charge in [0.1, 0.15) is 38.0 Å². The second-order valence-electron chi connectivity index (χ2n) is 13.4. The number of nitrogens with two attached hydrogens (primary N) is 2. The van der Waals surface area contributed by atoms with E-state index in [4.69, 9.17) is 35.5 Å². The maximum absolute atomic E-state index is 11.7. The highest BCUT2D eigenvalue weighted by molar-refractivity contribution is 5.83. The molecule has 0 atom stereocenters. The monoisotopic (exact) mass is 939 g/mol. The van der Waals surface area contributed by atoms with Crippen molar-refractivity contribution in [3.8, 4) is 0 Å². The number of ketones is 2. The van der Waals surface area contributed by atoms with Gasteiger partial charge in [0.15, 0.2) is 0 Å². The zero-order valence-electron chi connectivity index (χ0n) is 38.3. The van der Waals surface area contributed by atoms with E-state index >= 15 is 0 Å². The Hall–Kier alpha value is -5.14. The number of Topliss-reactive ketones (excluding diaryl/α,β-unsaturated/α-hetero) is 2. The molecule has 0 fully saturated rings. The molecule has 0 spiro atoms. The van der Waals surface area contributed by atoms with Crippen LogP contribution in [-0.4, -0.2) is 178 Å². The lowest BCUT2D eigenvalue weighted by molar-refractivity contribution is -0.152. The molecule has 0 heterocycles. The van der Waals surface area contributed by atoms with Gasteiger partial charge >= 0.3 is 47.8 Å². The van der Waals surface area contributed by atoms with Crippen LogP contribution in [0.25, 0.3) is 0 Å². The summed E-state index contributed by atoms with van der Waals surface area (Å²) >= 11 is 0. The Morgan fingerprint density at radius 1 is 0.354 bits per heavy atom. The third-order valence-corrected chi connectivity index (χ3v) is 7.94. The molecule has 9 N–H and O–H groups in total. The average molecular weight is 939 g/mol. The predicted molar refractivity (Wildman–Crippen MR) is 232 cm³/mol. The predicted octanol–water partition coefficient (Wildman–Crippen LogP) is -1.39. The minimum Gasteiger partial charge on any atom is -0.481 e. The van der Waals surface area contributed by atoms with Crippen molar-refractivity contribution in [2.45, 2.75) is 89.9 Å². The van der Waals surface area contributed by atoms with E-state index in [1.54, 1.807) is 0 Å². The number of carbonyl (C=O) groups is 10. The normalized spacial score (nSPS) is 10.1. The van der Waals surface area contributed by atoms with Gasteiger partial charge in [0.25, 0.3) is 0 Å². The van der Waals surface area contributed by atoms with Crippen LogP contribution in [0.5, 0.6) is 0 Å². The van der Waals surface area contributed by atoms with Gasteiger partial charge in [0.05, 0.1) is 72.7 Å². The Labute approximate surface area is 380 Å². The average Bonchev–Trinajstić information content (AvgIpc) is 3.29. The molecule has 0 saturated heterocycles. The first-order chi connectivity index (χ1) is 31.1. The summed E-state index contributed by atoms with van der Waals surface area (Å²) in [6.45, 7) is 5.50. The van der Waals surface area contributed by atoms with Crippen LogP contribution < -0.4 is 32.7 Å². The van der Waals surface area contributed by atoms with Gasteiger partial charge in [-0.05, 0) is 25.9 Å². The third kappa shape index (κ3) is 53.1. The first-order valence-corrected chi connectivity index (χ1v) is 21.5. The highest BCUT2D eigenvalue weighted by Crippen LogP contribution is 2.01. The van der Waals surface area contributed by atoms with Crippen LogP contribution in [0, 0.1) is 0 Å². The lowest BCUT2D eigenvalue weighted by Gasteiger charge is -2.08. The van der Waals surface area contributed by atoms with Crippen molar-refractivity contribution < 1.29 is 86.2 Å². The fourth-order valence-corrected chi connectivity index (χ4v) is 4.45. The van der Waals surface area contributed by atoms with Crippen LogP contribution in [0.4, 0.5) is 0 Å². The van der Waals surface area contributed by atoms with Crippen molar-refractivity contribution in [1.29, 1.82) is 0 Å². The second kappa shape index (κ2) is 48.3. The van der Waals surface area contributed by atoms with Gasteiger partial charge in [-0.3, -0.25) is 47.9 Å². The highest BCUT2D eigenvalue weighted by atomic mass is 16.6. The number of carboxylic acid groups (broad SMARTS) is 1. The summed E-state index contributed by atoms with van der Waals surface area (Å²) in [4.78, 5) is 111. The second-order valence-corrected chi connectivity index (χ2v) is 13.4. The van der Waals surface area contributed by atoms with Crippen molar-refractivity contribution in [2.75, 3.05) is 113 Å². The molecule has 0 bridgehead atoms. The molecule has 0 aromatic rings. The minimum atomic E-state index is -0.986. The standard InChI is InChI=1S/C24H40N2O10.C12H26N4O4.C5H8O4/c1-33-21(29)9-7-19(27)5-3-13-25-15-11-23(31)35-17-18-36-24(32)12-16-26-14-4-6-20(28)8-10-22(30)34-2;13-3-7-15-5-1-11(17)19-9-10-20-12(18)2-6-16-8-4-14;1-9-5(8)3-2-4(6)7/h25-26H,3-18H2,1-2H3;15-16H,1-10,13-14H2;2-3H2,1H3,(H,6,7). The van der Waals surface area contributed by atoms with Crippen LogP contribution in [-0.2, 0) is 81.1 Å². The molecule has 0 radical (unpaired) electrons. The number of ether oxygens (including phenoxy) is 7. The van der Waals surface area contributed by atoms with Crippen LogP contribution >= 0.6 is 0 Å². The molecule has 0 rings (SSSR count). The van der Waals surface area contributed by atoms with Gasteiger partial charge in [-0.2, -0.15) is 0 Å². The van der Waals surface area contributed by atoms with E-state index in [2.05, 4.69) is 35.5 Å². The van der Waals surface area contributed by atoms with E-state index in [0.29, 0.717) is 91.1 Å². The third-order valence-electron chi connectivity index (χ3n) is 7.94. The Morgan fingerprint density at radius 2 is 0.631 bits per heavy atom. The SMILES string of the molecule is COC(=O)CCC(=O)CCCNCCC(=O)OCCOC(=O)CCNCCCC(=O)CCC(=O)OC.COC(=O)CCC(=O)O.NCCNCCC(=O)OCCOC(=O)CCNCCN. The summed E-state index contributed by atoms with van der Waals surface area (Å²) in [6.07, 6.45) is 3.08. The van der Waals surface area contributed by atoms with E-state index < -0.39 is 35.8 Å². The van der Waals surface area contributed by atoms with Crippen LogP contribution in [0.2, 0.25) is 0 Å². The number of aliphatic carboxylic acids is 1. The van der Waals surface area contributed by atoms with Crippen molar-refractivity contribution in [3.63, 3.8) is 0 Å². The minimum absolute atomic E-state index is 0.00694. The Morgan fingerprint density at radius 3 is 0.892 bits per heavy atom. The van der Waals surface area contributed by atoms with Crippen molar-refractivity contribution in [2.24, 2.45) is 11.5 Å². The lowest BCUT2D eigenvalue weighted by atomic mass is 10.1. The lowest BCUT2D eigenvalue weighted by Crippen LogP contribution is -2.26. The highest BCUT2D eigenvalue weighted by Gasteiger charge is 2.10. The Balaban J connectivity index is -0.00000110. The fraction of sp³-hybridized carbons (Fsp3) is 0.756. The molecule has 0 aromatic carbocycles. The molecule has 0 aliphatic heterocycles. The molecular formula is C41H74N6O18. The molecule has 0 aliphatic rings. The van der Waals surface area contributed by atoms with Gasteiger partial charge in [-0.1, -0.05) is 0 Å². The number of nitrogens with one attached hydrogen (secondary N) is 4. The van der Waals surface area contributed by atoms with Crippen LogP contribution in [0.15, 0.2) is 0 Å². The molecule has 0 unspecified atom stereocenters. The number of carboxylic acids is 1. The van der Waals surface area contributed by atoms with Crippen molar-refractivity contribution in [3.05, 3.63) is 0 Å². The Kier molecular flexibility index (Phi) is 47.7. The molecule has 24 heteroatoms. The smallest absolute Gasteiger partial charge is 0.307 e. The largest absolute Gasteiger partial charge is 0.481 e.